The van der Waals surface area contributed by atoms with E-state index >= 15 is 0 Å². The molecule has 22 heavy (non-hydrogen) atoms. The number of hydrogen-bond acceptors (Lipinski definition) is 5. The summed E-state index contributed by atoms with van der Waals surface area (Å²) in [4.78, 5) is 25.4. The number of amides is 1. The van der Waals surface area contributed by atoms with E-state index in [0.717, 1.165) is 25.9 Å². The Morgan fingerprint density at radius 3 is 2.50 bits per heavy atom. The van der Waals surface area contributed by atoms with Crippen LogP contribution >= 0.6 is 0 Å². The van der Waals surface area contributed by atoms with Gasteiger partial charge in [-0.1, -0.05) is 13.3 Å². The first kappa shape index (κ1) is 18.7. The van der Waals surface area contributed by atoms with Crippen LogP contribution in [0.15, 0.2) is 0 Å². The van der Waals surface area contributed by atoms with Crippen molar-refractivity contribution in [2.24, 2.45) is 5.92 Å². The van der Waals surface area contributed by atoms with E-state index in [1.807, 2.05) is 20.8 Å². The van der Waals surface area contributed by atoms with Crippen LogP contribution in [-0.2, 0) is 14.3 Å². The van der Waals surface area contributed by atoms with Crippen LogP contribution < -0.4 is 5.32 Å². The molecule has 1 heterocycles. The van der Waals surface area contributed by atoms with Crippen LogP contribution in [0, 0.1) is 5.92 Å². The normalized spacial score (nSPS) is 23.0. The maximum absolute atomic E-state index is 11.9. The van der Waals surface area contributed by atoms with Crippen LogP contribution in [0.3, 0.4) is 0 Å². The Kier molecular flexibility index (Phi) is 7.13. The van der Waals surface area contributed by atoms with Gasteiger partial charge in [0.15, 0.2) is 0 Å². The van der Waals surface area contributed by atoms with Crippen LogP contribution in [0.5, 0.6) is 0 Å². The highest BCUT2D eigenvalue weighted by molar-refractivity contribution is 5.69. The van der Waals surface area contributed by atoms with Gasteiger partial charge in [-0.2, -0.15) is 0 Å². The summed E-state index contributed by atoms with van der Waals surface area (Å²) in [6, 6.07) is 0.0613. The number of likely N-dealkylation sites (tertiary alicyclic amines) is 1. The van der Waals surface area contributed by atoms with Crippen LogP contribution in [-0.4, -0.2) is 55.3 Å². The average Bonchev–Trinajstić information content (AvgIpc) is 2.42. The number of hydrogen-bond donors (Lipinski definition) is 1. The van der Waals surface area contributed by atoms with Gasteiger partial charge in [-0.3, -0.25) is 4.79 Å². The first-order valence-electron chi connectivity index (χ1n) is 8.02. The highest BCUT2D eigenvalue weighted by Crippen LogP contribution is 2.20. The Labute approximate surface area is 133 Å². The van der Waals surface area contributed by atoms with E-state index in [1.54, 1.807) is 0 Å². The molecule has 128 valence electrons. The monoisotopic (exact) mass is 314 g/mol. The van der Waals surface area contributed by atoms with E-state index < -0.39 is 5.60 Å². The molecule has 0 aromatic carbocycles. The van der Waals surface area contributed by atoms with Crippen LogP contribution in [0.2, 0.25) is 0 Å². The largest absolute Gasteiger partial charge is 0.469 e. The molecule has 1 aliphatic heterocycles. The molecule has 2 unspecified atom stereocenters. The Morgan fingerprint density at radius 1 is 1.27 bits per heavy atom. The number of carbonyl (C=O) groups is 2. The van der Waals surface area contributed by atoms with Gasteiger partial charge in [0.2, 0.25) is 0 Å². The number of alkyl carbamates (subject to hydrolysis) is 1. The number of nitrogens with zero attached hydrogens (tertiary/aromatic N) is 1. The molecule has 0 aromatic rings. The van der Waals surface area contributed by atoms with Crippen molar-refractivity contribution in [1.82, 2.24) is 10.2 Å². The van der Waals surface area contributed by atoms with Crippen molar-refractivity contribution < 1.29 is 19.1 Å². The van der Waals surface area contributed by atoms with Crippen molar-refractivity contribution in [1.29, 1.82) is 0 Å². The summed E-state index contributed by atoms with van der Waals surface area (Å²) >= 11 is 0. The summed E-state index contributed by atoms with van der Waals surface area (Å²) in [5.74, 6) is 0.321. The molecule has 1 saturated heterocycles. The molecule has 2 atom stereocenters. The van der Waals surface area contributed by atoms with Crippen molar-refractivity contribution in [3.8, 4) is 0 Å². The maximum Gasteiger partial charge on any atom is 0.407 e. The second kappa shape index (κ2) is 8.36. The van der Waals surface area contributed by atoms with Gasteiger partial charge in [0.1, 0.15) is 5.60 Å². The Hall–Kier alpha value is -1.30. The molecule has 1 rings (SSSR count). The summed E-state index contributed by atoms with van der Waals surface area (Å²) in [5, 5.41) is 2.95. The van der Waals surface area contributed by atoms with Crippen LogP contribution in [0.1, 0.15) is 47.0 Å². The molecule has 0 aromatic heterocycles. The van der Waals surface area contributed by atoms with E-state index in [-0.39, 0.29) is 18.1 Å². The van der Waals surface area contributed by atoms with Gasteiger partial charge in [-0.15, -0.1) is 0 Å². The minimum Gasteiger partial charge on any atom is -0.469 e. The Bertz CT molecular complexity index is 379. The summed E-state index contributed by atoms with van der Waals surface area (Å²) < 4.78 is 10.0. The molecule has 1 fully saturated rings. The number of ether oxygens (including phenoxy) is 2. The SMILES string of the molecule is CCC1CC(NC(=O)OC(C)(C)C)CN(CCC(=O)OC)C1. The lowest BCUT2D eigenvalue weighted by Crippen LogP contribution is -2.51. The summed E-state index contributed by atoms with van der Waals surface area (Å²) in [6.07, 6.45) is 2.01. The minimum absolute atomic E-state index is 0.0613. The second-order valence-electron chi connectivity index (χ2n) is 6.94. The van der Waals surface area contributed by atoms with Crippen molar-refractivity contribution in [2.45, 2.75) is 58.6 Å². The lowest BCUT2D eigenvalue weighted by molar-refractivity contribution is -0.141. The smallest absolute Gasteiger partial charge is 0.407 e. The molecule has 6 heteroatoms. The summed E-state index contributed by atoms with van der Waals surface area (Å²) in [6.45, 7) is 10.1. The number of piperidine rings is 1. The van der Waals surface area contributed by atoms with E-state index in [4.69, 9.17) is 4.74 Å². The number of nitrogens with one attached hydrogen (secondary N) is 1. The average molecular weight is 314 g/mol. The Morgan fingerprint density at radius 2 is 1.95 bits per heavy atom. The van der Waals surface area contributed by atoms with E-state index in [1.165, 1.54) is 7.11 Å². The third-order valence-corrected chi connectivity index (χ3v) is 3.77. The zero-order valence-electron chi connectivity index (χ0n) is 14.5. The molecule has 1 aliphatic rings. The van der Waals surface area contributed by atoms with Gasteiger partial charge >= 0.3 is 12.1 Å². The molecule has 0 aliphatic carbocycles. The number of rotatable bonds is 5. The number of methoxy groups -OCH3 is 1. The molecule has 1 amide bonds. The zero-order valence-corrected chi connectivity index (χ0v) is 14.5. The quantitative estimate of drug-likeness (QED) is 0.788. The fourth-order valence-corrected chi connectivity index (χ4v) is 2.71. The highest BCUT2D eigenvalue weighted by Gasteiger charge is 2.28. The number of esters is 1. The molecule has 6 nitrogen and oxygen atoms in total. The molecule has 0 saturated carbocycles. The summed E-state index contributed by atoms with van der Waals surface area (Å²) in [7, 11) is 1.40. The van der Waals surface area contributed by atoms with Crippen LogP contribution in [0.25, 0.3) is 0 Å². The van der Waals surface area contributed by atoms with Gasteiger partial charge in [0.05, 0.1) is 13.5 Å². The molecule has 1 N–H and O–H groups in total. The molecule has 0 radical (unpaired) electrons. The third-order valence-electron chi connectivity index (χ3n) is 3.77. The fourth-order valence-electron chi connectivity index (χ4n) is 2.71. The van der Waals surface area contributed by atoms with E-state index in [9.17, 15) is 9.59 Å². The summed E-state index contributed by atoms with van der Waals surface area (Å²) in [5.41, 5.74) is -0.493. The standard InChI is InChI=1S/C16H30N2O4/c1-6-12-9-13(17-15(20)22-16(2,3)4)11-18(10-12)8-7-14(19)21-5/h12-13H,6-11H2,1-5H3,(H,17,20). The van der Waals surface area contributed by atoms with Crippen molar-refractivity contribution in [2.75, 3.05) is 26.7 Å². The number of carbonyl (C=O) groups excluding carboxylic acids is 2. The van der Waals surface area contributed by atoms with Gasteiger partial charge in [0, 0.05) is 25.7 Å². The fraction of sp³-hybridized carbons (Fsp3) is 0.875. The zero-order chi connectivity index (χ0) is 16.8. The molecular weight excluding hydrogens is 284 g/mol. The molecule has 0 spiro atoms. The topological polar surface area (TPSA) is 67.9 Å². The first-order chi connectivity index (χ1) is 10.2. The van der Waals surface area contributed by atoms with Crippen molar-refractivity contribution >= 4 is 12.1 Å². The highest BCUT2D eigenvalue weighted by atomic mass is 16.6. The molecule has 0 bridgehead atoms. The second-order valence-corrected chi connectivity index (χ2v) is 6.94. The van der Waals surface area contributed by atoms with E-state index in [0.29, 0.717) is 18.9 Å². The molecular formula is C16H30N2O4. The lowest BCUT2D eigenvalue weighted by Gasteiger charge is -2.37. The van der Waals surface area contributed by atoms with Crippen molar-refractivity contribution in [3.63, 3.8) is 0 Å². The third kappa shape index (κ3) is 7.11. The minimum atomic E-state index is -0.493. The predicted molar refractivity (Wildman–Crippen MR) is 84.6 cm³/mol. The van der Waals surface area contributed by atoms with Crippen molar-refractivity contribution in [3.05, 3.63) is 0 Å². The van der Waals surface area contributed by atoms with E-state index in [2.05, 4.69) is 21.9 Å². The Balaban J connectivity index is 2.51. The van der Waals surface area contributed by atoms with Gasteiger partial charge in [-0.25, -0.2) is 4.79 Å². The van der Waals surface area contributed by atoms with Gasteiger partial charge in [-0.05, 0) is 33.1 Å². The lowest BCUT2D eigenvalue weighted by atomic mass is 9.92. The van der Waals surface area contributed by atoms with Gasteiger partial charge in [0.25, 0.3) is 0 Å². The van der Waals surface area contributed by atoms with Gasteiger partial charge < -0.3 is 19.7 Å². The first-order valence-corrected chi connectivity index (χ1v) is 8.02. The maximum atomic E-state index is 11.9. The van der Waals surface area contributed by atoms with Crippen LogP contribution in [0.4, 0.5) is 4.79 Å². The predicted octanol–water partition coefficient (Wildman–Crippen LogP) is 2.17.